The Hall–Kier alpha value is -2.29. The largest absolute Gasteiger partial charge is 0.423 e. The van der Waals surface area contributed by atoms with Crippen molar-refractivity contribution in [3.8, 4) is 5.75 Å². The average Bonchev–Trinajstić information content (AvgIpc) is 2.39. The first kappa shape index (κ1) is 10.8. The summed E-state index contributed by atoms with van der Waals surface area (Å²) in [6, 6.07) is 14.9. The van der Waals surface area contributed by atoms with Gasteiger partial charge in [-0.05, 0) is 24.6 Å². The molecule has 0 aliphatic carbocycles. The van der Waals surface area contributed by atoms with E-state index in [2.05, 4.69) is 5.32 Å². The number of nitrogens with one attached hydrogen (secondary N) is 1. The molecule has 3 nitrogen and oxygen atoms in total. The number of esters is 1. The van der Waals surface area contributed by atoms with Gasteiger partial charge in [-0.15, -0.1) is 0 Å². The highest BCUT2D eigenvalue weighted by atomic mass is 16.5. The molecule has 90 valence electrons. The molecule has 0 spiro atoms. The maximum absolute atomic E-state index is 12.0. The third-order valence-corrected chi connectivity index (χ3v) is 3.04. The Labute approximate surface area is 105 Å². The number of anilines is 1. The van der Waals surface area contributed by atoms with E-state index in [-0.39, 0.29) is 5.97 Å². The SMILES string of the molecule is Cc1ccc([C@@H]2Nc3ccccc3OC2=O)cc1. The normalized spacial score (nSPS) is 17.6. The summed E-state index contributed by atoms with van der Waals surface area (Å²) in [7, 11) is 0. The predicted octanol–water partition coefficient (Wildman–Crippen LogP) is 3.07. The van der Waals surface area contributed by atoms with Gasteiger partial charge < -0.3 is 10.1 Å². The van der Waals surface area contributed by atoms with Crippen LogP contribution < -0.4 is 10.1 Å². The number of fused-ring (bicyclic) bond motifs is 1. The van der Waals surface area contributed by atoms with E-state index in [0.717, 1.165) is 11.3 Å². The summed E-state index contributed by atoms with van der Waals surface area (Å²) in [5, 5.41) is 3.21. The minimum Gasteiger partial charge on any atom is -0.423 e. The smallest absolute Gasteiger partial charge is 0.338 e. The molecule has 1 aliphatic rings. The molecule has 0 amide bonds. The second-order valence-corrected chi connectivity index (χ2v) is 4.41. The third kappa shape index (κ3) is 1.84. The highest BCUT2D eigenvalue weighted by Crippen LogP contribution is 2.33. The van der Waals surface area contributed by atoms with Crippen molar-refractivity contribution in [3.05, 3.63) is 59.7 Å². The maximum Gasteiger partial charge on any atom is 0.338 e. The number of rotatable bonds is 1. The van der Waals surface area contributed by atoms with Crippen LogP contribution >= 0.6 is 0 Å². The highest BCUT2D eigenvalue weighted by Gasteiger charge is 2.28. The molecule has 0 radical (unpaired) electrons. The van der Waals surface area contributed by atoms with Gasteiger partial charge in [0, 0.05) is 0 Å². The van der Waals surface area contributed by atoms with Crippen LogP contribution in [-0.2, 0) is 4.79 Å². The molecular formula is C15H13NO2. The van der Waals surface area contributed by atoms with Crippen LogP contribution in [0.5, 0.6) is 5.75 Å². The summed E-state index contributed by atoms with van der Waals surface area (Å²) in [6.45, 7) is 2.02. The molecule has 1 aliphatic heterocycles. The van der Waals surface area contributed by atoms with Crippen LogP contribution in [0.4, 0.5) is 5.69 Å². The first-order valence-corrected chi connectivity index (χ1v) is 5.88. The monoisotopic (exact) mass is 239 g/mol. The number of hydrogen-bond donors (Lipinski definition) is 1. The molecule has 0 unspecified atom stereocenters. The van der Waals surface area contributed by atoms with Gasteiger partial charge in [0.1, 0.15) is 0 Å². The van der Waals surface area contributed by atoms with Crippen LogP contribution in [0.2, 0.25) is 0 Å². The van der Waals surface area contributed by atoms with Crippen LogP contribution in [0.1, 0.15) is 17.2 Å². The molecule has 0 bridgehead atoms. The fourth-order valence-electron chi connectivity index (χ4n) is 2.03. The third-order valence-electron chi connectivity index (χ3n) is 3.04. The Morgan fingerprint density at radius 3 is 2.56 bits per heavy atom. The van der Waals surface area contributed by atoms with Crippen LogP contribution in [0, 0.1) is 6.92 Å². The van der Waals surface area contributed by atoms with E-state index in [9.17, 15) is 4.79 Å². The van der Waals surface area contributed by atoms with Crippen molar-refractivity contribution in [1.82, 2.24) is 0 Å². The van der Waals surface area contributed by atoms with Gasteiger partial charge in [0.2, 0.25) is 0 Å². The quantitative estimate of drug-likeness (QED) is 0.614. The Morgan fingerprint density at radius 2 is 1.78 bits per heavy atom. The average molecular weight is 239 g/mol. The molecule has 1 N–H and O–H groups in total. The summed E-state index contributed by atoms with van der Waals surface area (Å²) in [5.41, 5.74) is 2.94. The number of hydrogen-bond acceptors (Lipinski definition) is 3. The van der Waals surface area contributed by atoms with Crippen molar-refractivity contribution in [2.24, 2.45) is 0 Å². The molecule has 0 fully saturated rings. The molecular weight excluding hydrogens is 226 g/mol. The van der Waals surface area contributed by atoms with Crippen LogP contribution in [0.25, 0.3) is 0 Å². The molecule has 18 heavy (non-hydrogen) atoms. The van der Waals surface area contributed by atoms with E-state index >= 15 is 0 Å². The first-order valence-electron chi connectivity index (χ1n) is 5.88. The van der Waals surface area contributed by atoms with E-state index in [1.807, 2.05) is 49.4 Å². The minimum absolute atomic E-state index is 0.266. The van der Waals surface area contributed by atoms with Gasteiger partial charge in [0.25, 0.3) is 0 Å². The molecule has 2 aromatic rings. The Bertz CT molecular complexity index is 590. The first-order chi connectivity index (χ1) is 8.74. The number of ether oxygens (including phenoxy) is 1. The van der Waals surface area contributed by atoms with E-state index in [1.54, 1.807) is 6.07 Å². The molecule has 3 rings (SSSR count). The van der Waals surface area contributed by atoms with Gasteiger partial charge in [-0.3, -0.25) is 0 Å². The number of carbonyl (C=O) groups is 1. The van der Waals surface area contributed by atoms with Crippen LogP contribution in [0.15, 0.2) is 48.5 Å². The minimum atomic E-state index is -0.430. The number of benzene rings is 2. The summed E-state index contributed by atoms with van der Waals surface area (Å²) in [6.07, 6.45) is 0. The summed E-state index contributed by atoms with van der Waals surface area (Å²) in [5.74, 6) is 0.323. The second kappa shape index (κ2) is 4.18. The van der Waals surface area contributed by atoms with Crippen molar-refractivity contribution in [1.29, 1.82) is 0 Å². The Kier molecular flexibility index (Phi) is 2.52. The Balaban J connectivity index is 1.95. The van der Waals surface area contributed by atoms with E-state index < -0.39 is 6.04 Å². The highest BCUT2D eigenvalue weighted by molar-refractivity contribution is 5.87. The summed E-state index contributed by atoms with van der Waals surface area (Å²) >= 11 is 0. The molecule has 0 saturated carbocycles. The fourth-order valence-corrected chi connectivity index (χ4v) is 2.03. The van der Waals surface area contributed by atoms with Gasteiger partial charge in [-0.2, -0.15) is 0 Å². The van der Waals surface area contributed by atoms with Crippen LogP contribution in [0.3, 0.4) is 0 Å². The van der Waals surface area contributed by atoms with Gasteiger partial charge in [0.05, 0.1) is 5.69 Å². The lowest BCUT2D eigenvalue weighted by Crippen LogP contribution is -2.29. The molecule has 2 aromatic carbocycles. The maximum atomic E-state index is 12.0. The summed E-state index contributed by atoms with van der Waals surface area (Å²) < 4.78 is 5.33. The van der Waals surface area contributed by atoms with Crippen molar-refractivity contribution >= 4 is 11.7 Å². The Morgan fingerprint density at radius 1 is 1.06 bits per heavy atom. The molecule has 3 heteroatoms. The topological polar surface area (TPSA) is 38.3 Å². The number of aryl methyl sites for hydroxylation is 1. The van der Waals surface area contributed by atoms with Crippen molar-refractivity contribution in [2.75, 3.05) is 5.32 Å². The van der Waals surface area contributed by atoms with Gasteiger partial charge >= 0.3 is 5.97 Å². The second-order valence-electron chi connectivity index (χ2n) is 4.41. The number of carbonyl (C=O) groups excluding carboxylic acids is 1. The van der Waals surface area contributed by atoms with Gasteiger partial charge in [-0.25, -0.2) is 4.79 Å². The lowest BCUT2D eigenvalue weighted by Gasteiger charge is -2.25. The van der Waals surface area contributed by atoms with E-state index in [1.165, 1.54) is 5.56 Å². The van der Waals surface area contributed by atoms with Gasteiger partial charge in [0.15, 0.2) is 11.8 Å². The van der Waals surface area contributed by atoms with Crippen molar-refractivity contribution in [3.63, 3.8) is 0 Å². The zero-order valence-corrected chi connectivity index (χ0v) is 10.0. The lowest BCUT2D eigenvalue weighted by atomic mass is 10.0. The van der Waals surface area contributed by atoms with Gasteiger partial charge in [-0.1, -0.05) is 42.0 Å². The zero-order chi connectivity index (χ0) is 12.5. The molecule has 1 heterocycles. The fraction of sp³-hybridized carbons (Fsp3) is 0.133. The van der Waals surface area contributed by atoms with Crippen molar-refractivity contribution in [2.45, 2.75) is 13.0 Å². The molecule has 0 saturated heterocycles. The van der Waals surface area contributed by atoms with E-state index in [0.29, 0.717) is 5.75 Å². The zero-order valence-electron chi connectivity index (χ0n) is 10.0. The number of para-hydroxylation sites is 2. The predicted molar refractivity (Wildman–Crippen MR) is 69.6 cm³/mol. The van der Waals surface area contributed by atoms with Crippen molar-refractivity contribution < 1.29 is 9.53 Å². The van der Waals surface area contributed by atoms with E-state index in [4.69, 9.17) is 4.74 Å². The summed E-state index contributed by atoms with van der Waals surface area (Å²) in [4.78, 5) is 12.0. The lowest BCUT2D eigenvalue weighted by molar-refractivity contribution is -0.136. The van der Waals surface area contributed by atoms with Crippen LogP contribution in [-0.4, -0.2) is 5.97 Å². The molecule has 0 aromatic heterocycles. The molecule has 1 atom stereocenters. The standard InChI is InChI=1S/C15H13NO2/c1-10-6-8-11(9-7-10)14-15(17)18-13-5-3-2-4-12(13)16-14/h2-9,14,16H,1H3/t14-/m0/s1.